The molecule has 1 fully saturated rings. The molecule has 1 aliphatic heterocycles. The van der Waals surface area contributed by atoms with Gasteiger partial charge in [0.25, 0.3) is 0 Å². The van der Waals surface area contributed by atoms with Gasteiger partial charge >= 0.3 is 12.1 Å². The van der Waals surface area contributed by atoms with Gasteiger partial charge < -0.3 is 15.2 Å². The second-order valence-electron chi connectivity index (χ2n) is 5.61. The van der Waals surface area contributed by atoms with Crippen molar-refractivity contribution >= 4 is 12.1 Å². The third-order valence-corrected chi connectivity index (χ3v) is 2.65. The number of hydrogen-bond acceptors (Lipinski definition) is 4. The molecule has 0 unspecified atom stereocenters. The third kappa shape index (κ3) is 5.35. The van der Waals surface area contributed by atoms with E-state index in [0.29, 0.717) is 12.5 Å². The van der Waals surface area contributed by atoms with Gasteiger partial charge in [0.1, 0.15) is 12.1 Å². The SMILES string of the molecule is CC(C)(C)OC(=O)N(CCC1CNC1)CC(=O)O. The van der Waals surface area contributed by atoms with Crippen molar-refractivity contribution < 1.29 is 19.4 Å². The fourth-order valence-corrected chi connectivity index (χ4v) is 1.62. The van der Waals surface area contributed by atoms with E-state index in [1.165, 1.54) is 4.90 Å². The highest BCUT2D eigenvalue weighted by atomic mass is 16.6. The van der Waals surface area contributed by atoms with Crippen molar-refractivity contribution in [2.24, 2.45) is 5.92 Å². The number of ether oxygens (including phenoxy) is 1. The number of carboxylic acid groups (broad SMARTS) is 1. The van der Waals surface area contributed by atoms with E-state index in [-0.39, 0.29) is 6.54 Å². The summed E-state index contributed by atoms with van der Waals surface area (Å²) in [5.41, 5.74) is -0.605. The number of carboxylic acids is 1. The summed E-state index contributed by atoms with van der Waals surface area (Å²) >= 11 is 0. The van der Waals surface area contributed by atoms with Crippen molar-refractivity contribution in [3.63, 3.8) is 0 Å². The van der Waals surface area contributed by atoms with Crippen LogP contribution in [0.25, 0.3) is 0 Å². The predicted octanol–water partition coefficient (Wildman–Crippen LogP) is 0.918. The minimum absolute atomic E-state index is 0.310. The van der Waals surface area contributed by atoms with Crippen molar-refractivity contribution in [2.75, 3.05) is 26.2 Å². The zero-order valence-electron chi connectivity index (χ0n) is 11.2. The van der Waals surface area contributed by atoms with E-state index in [2.05, 4.69) is 5.32 Å². The van der Waals surface area contributed by atoms with Crippen LogP contribution in [0.2, 0.25) is 0 Å². The summed E-state index contributed by atoms with van der Waals surface area (Å²) in [6.45, 7) is 7.28. The van der Waals surface area contributed by atoms with Crippen LogP contribution in [-0.4, -0.2) is 53.8 Å². The number of carbonyl (C=O) groups is 2. The number of hydrogen-bond donors (Lipinski definition) is 2. The second-order valence-corrected chi connectivity index (χ2v) is 5.61. The van der Waals surface area contributed by atoms with E-state index in [4.69, 9.17) is 9.84 Å². The van der Waals surface area contributed by atoms with Gasteiger partial charge in [0.2, 0.25) is 0 Å². The zero-order valence-corrected chi connectivity index (χ0v) is 11.2. The number of nitrogens with zero attached hydrogens (tertiary/aromatic N) is 1. The minimum Gasteiger partial charge on any atom is -0.480 e. The standard InChI is InChI=1S/C12H22N2O4/c1-12(2,3)18-11(17)14(8-10(15)16)5-4-9-6-13-7-9/h9,13H,4-8H2,1-3H3,(H,15,16). The van der Waals surface area contributed by atoms with Crippen LogP contribution >= 0.6 is 0 Å². The van der Waals surface area contributed by atoms with E-state index in [1.54, 1.807) is 20.8 Å². The van der Waals surface area contributed by atoms with E-state index < -0.39 is 17.7 Å². The molecule has 6 heteroatoms. The summed E-state index contributed by atoms with van der Waals surface area (Å²) in [6.07, 6.45) is 0.247. The smallest absolute Gasteiger partial charge is 0.410 e. The number of aliphatic carboxylic acids is 1. The van der Waals surface area contributed by atoms with Crippen molar-refractivity contribution in [3.05, 3.63) is 0 Å². The molecule has 6 nitrogen and oxygen atoms in total. The molecule has 0 spiro atoms. The number of amides is 1. The quantitative estimate of drug-likeness (QED) is 0.766. The molecule has 1 aliphatic rings. The van der Waals surface area contributed by atoms with Gasteiger partial charge in [-0.3, -0.25) is 9.69 Å². The van der Waals surface area contributed by atoms with Gasteiger partial charge in [0, 0.05) is 6.54 Å². The van der Waals surface area contributed by atoms with Crippen LogP contribution in [-0.2, 0) is 9.53 Å². The molecular formula is C12H22N2O4. The Balaban J connectivity index is 2.47. The lowest BCUT2D eigenvalue weighted by Crippen LogP contribution is -2.46. The molecule has 0 aromatic heterocycles. The average Bonchev–Trinajstić information content (AvgIpc) is 2.10. The van der Waals surface area contributed by atoms with Crippen LogP contribution in [0.4, 0.5) is 4.79 Å². The van der Waals surface area contributed by atoms with Gasteiger partial charge in [-0.2, -0.15) is 0 Å². The summed E-state index contributed by atoms with van der Waals surface area (Å²) < 4.78 is 5.19. The first-order valence-electron chi connectivity index (χ1n) is 6.18. The Bertz CT molecular complexity index is 308. The maximum absolute atomic E-state index is 11.8. The lowest BCUT2D eigenvalue weighted by atomic mass is 9.99. The summed E-state index contributed by atoms with van der Waals surface area (Å²) in [6, 6.07) is 0. The average molecular weight is 258 g/mol. The topological polar surface area (TPSA) is 78.9 Å². The van der Waals surface area contributed by atoms with Crippen LogP contribution in [0.3, 0.4) is 0 Å². The normalized spacial score (nSPS) is 15.9. The molecule has 1 saturated heterocycles. The Morgan fingerprint density at radius 1 is 1.39 bits per heavy atom. The zero-order chi connectivity index (χ0) is 13.8. The highest BCUT2D eigenvalue weighted by Gasteiger charge is 2.25. The Morgan fingerprint density at radius 3 is 2.39 bits per heavy atom. The van der Waals surface area contributed by atoms with Crippen molar-refractivity contribution in [2.45, 2.75) is 32.8 Å². The Hall–Kier alpha value is -1.30. The molecule has 1 amide bonds. The van der Waals surface area contributed by atoms with E-state index >= 15 is 0 Å². The van der Waals surface area contributed by atoms with Crippen molar-refractivity contribution in [3.8, 4) is 0 Å². The Kier molecular flexibility index (Phi) is 4.95. The molecule has 0 radical (unpaired) electrons. The van der Waals surface area contributed by atoms with Crippen molar-refractivity contribution in [1.82, 2.24) is 10.2 Å². The molecule has 0 atom stereocenters. The van der Waals surface area contributed by atoms with Gasteiger partial charge in [-0.05, 0) is 46.2 Å². The van der Waals surface area contributed by atoms with Crippen LogP contribution in [0.5, 0.6) is 0 Å². The molecular weight excluding hydrogens is 236 g/mol. The molecule has 0 bridgehead atoms. The van der Waals surface area contributed by atoms with E-state index in [9.17, 15) is 9.59 Å². The van der Waals surface area contributed by atoms with Crippen LogP contribution in [0.15, 0.2) is 0 Å². The first kappa shape index (κ1) is 14.8. The molecule has 0 aromatic carbocycles. The van der Waals surface area contributed by atoms with Crippen molar-refractivity contribution in [1.29, 1.82) is 0 Å². The molecule has 18 heavy (non-hydrogen) atoms. The highest BCUT2D eigenvalue weighted by molar-refractivity contribution is 5.76. The van der Waals surface area contributed by atoms with Gasteiger partial charge in [-0.1, -0.05) is 0 Å². The summed E-state index contributed by atoms with van der Waals surface area (Å²) in [4.78, 5) is 23.8. The summed E-state index contributed by atoms with van der Waals surface area (Å²) in [5.74, 6) is -0.490. The van der Waals surface area contributed by atoms with Gasteiger partial charge in [0.15, 0.2) is 0 Å². The van der Waals surface area contributed by atoms with Gasteiger partial charge in [-0.25, -0.2) is 4.79 Å². The molecule has 0 aliphatic carbocycles. The number of nitrogens with one attached hydrogen (secondary N) is 1. The fourth-order valence-electron chi connectivity index (χ4n) is 1.62. The van der Waals surface area contributed by atoms with Crippen LogP contribution < -0.4 is 5.32 Å². The Labute approximate surface area is 107 Å². The fraction of sp³-hybridized carbons (Fsp3) is 0.833. The highest BCUT2D eigenvalue weighted by Crippen LogP contribution is 2.13. The first-order valence-corrected chi connectivity index (χ1v) is 6.18. The molecule has 0 saturated carbocycles. The summed E-state index contributed by atoms with van der Waals surface area (Å²) in [7, 11) is 0. The van der Waals surface area contributed by atoms with Crippen LogP contribution in [0.1, 0.15) is 27.2 Å². The summed E-state index contributed by atoms with van der Waals surface area (Å²) in [5, 5.41) is 11.9. The number of rotatable bonds is 5. The monoisotopic (exact) mass is 258 g/mol. The number of carbonyl (C=O) groups excluding carboxylic acids is 1. The van der Waals surface area contributed by atoms with Gasteiger partial charge in [-0.15, -0.1) is 0 Å². The van der Waals surface area contributed by atoms with Crippen LogP contribution in [0, 0.1) is 5.92 Å². The molecule has 1 rings (SSSR count). The molecule has 104 valence electrons. The van der Waals surface area contributed by atoms with Gasteiger partial charge in [0.05, 0.1) is 0 Å². The minimum atomic E-state index is -1.02. The molecule has 0 aromatic rings. The maximum Gasteiger partial charge on any atom is 0.410 e. The van der Waals surface area contributed by atoms with E-state index in [0.717, 1.165) is 19.5 Å². The Morgan fingerprint density at radius 2 is 2.00 bits per heavy atom. The molecule has 2 N–H and O–H groups in total. The maximum atomic E-state index is 11.8. The lowest BCUT2D eigenvalue weighted by molar-refractivity contribution is -0.138. The largest absolute Gasteiger partial charge is 0.480 e. The second kappa shape index (κ2) is 6.04. The van der Waals surface area contributed by atoms with E-state index in [1.807, 2.05) is 0 Å². The molecule has 1 heterocycles. The first-order chi connectivity index (χ1) is 8.28. The third-order valence-electron chi connectivity index (χ3n) is 2.65. The lowest BCUT2D eigenvalue weighted by Gasteiger charge is -2.31. The predicted molar refractivity (Wildman–Crippen MR) is 66.4 cm³/mol.